The quantitative estimate of drug-likeness (QED) is 0.824. The van der Waals surface area contributed by atoms with Gasteiger partial charge in [-0.25, -0.2) is 4.98 Å². The summed E-state index contributed by atoms with van der Waals surface area (Å²) in [5.74, 6) is 0.889. The fourth-order valence-corrected chi connectivity index (χ4v) is 3.19. The van der Waals surface area contributed by atoms with Gasteiger partial charge in [0.05, 0.1) is 11.5 Å². The number of thiocarbonyl (C=S) groups is 1. The van der Waals surface area contributed by atoms with Crippen LogP contribution in [0.25, 0.3) is 0 Å². The third kappa shape index (κ3) is 3.32. The first-order valence-electron chi connectivity index (χ1n) is 7.18. The van der Waals surface area contributed by atoms with Crippen LogP contribution in [0.1, 0.15) is 29.7 Å². The molecule has 1 atom stereocenters. The third-order valence-corrected chi connectivity index (χ3v) is 4.11. The number of hydrogen-bond donors (Lipinski definition) is 2. The van der Waals surface area contributed by atoms with Crippen LogP contribution in [0.15, 0.2) is 6.07 Å². The van der Waals surface area contributed by atoms with Gasteiger partial charge in [0.25, 0.3) is 0 Å². The van der Waals surface area contributed by atoms with Crippen molar-refractivity contribution in [3.05, 3.63) is 22.9 Å². The van der Waals surface area contributed by atoms with E-state index in [1.807, 2.05) is 19.9 Å². The summed E-state index contributed by atoms with van der Waals surface area (Å²) in [6.07, 6.45) is 1.87. The van der Waals surface area contributed by atoms with Crippen LogP contribution < -0.4 is 16.0 Å². The number of rotatable bonds is 3. The zero-order chi connectivity index (χ0) is 15.6. The van der Waals surface area contributed by atoms with Crippen LogP contribution in [0.2, 0.25) is 0 Å². The lowest BCUT2D eigenvalue weighted by molar-refractivity contribution is -0.124. The Morgan fingerprint density at radius 1 is 1.52 bits per heavy atom. The highest BCUT2D eigenvalue weighted by Gasteiger charge is 2.28. The van der Waals surface area contributed by atoms with Crippen LogP contribution >= 0.6 is 12.2 Å². The molecule has 0 aliphatic carbocycles. The van der Waals surface area contributed by atoms with Crippen LogP contribution in [-0.2, 0) is 4.79 Å². The summed E-state index contributed by atoms with van der Waals surface area (Å²) in [4.78, 5) is 19.0. The average molecular weight is 306 g/mol. The number of aryl methyl sites for hydroxylation is 2. The van der Waals surface area contributed by atoms with E-state index in [0.29, 0.717) is 11.5 Å². The van der Waals surface area contributed by atoms with Gasteiger partial charge in [-0.3, -0.25) is 4.79 Å². The summed E-state index contributed by atoms with van der Waals surface area (Å²) in [5.41, 5.74) is 8.67. The summed E-state index contributed by atoms with van der Waals surface area (Å²) >= 11 is 5.19. The molecule has 114 valence electrons. The number of amides is 1. The molecule has 1 aliphatic heterocycles. The Kier molecular flexibility index (Phi) is 4.77. The molecule has 2 heterocycles. The van der Waals surface area contributed by atoms with Gasteiger partial charge < -0.3 is 16.0 Å². The van der Waals surface area contributed by atoms with Gasteiger partial charge in [0.1, 0.15) is 10.8 Å². The predicted molar refractivity (Wildman–Crippen MR) is 88.6 cm³/mol. The normalized spacial score (nSPS) is 18.4. The van der Waals surface area contributed by atoms with E-state index in [9.17, 15) is 4.79 Å². The largest absolute Gasteiger partial charge is 0.389 e. The number of nitrogens with one attached hydrogen (secondary N) is 1. The lowest BCUT2D eigenvalue weighted by Gasteiger charge is -2.34. The molecule has 1 aliphatic rings. The van der Waals surface area contributed by atoms with E-state index in [2.05, 4.69) is 15.2 Å². The highest BCUT2D eigenvalue weighted by atomic mass is 32.1. The Hall–Kier alpha value is -1.69. The number of carbonyl (C=O) groups excluding carboxylic acids is 1. The minimum absolute atomic E-state index is 0.00874. The molecule has 1 unspecified atom stereocenters. The van der Waals surface area contributed by atoms with Crippen molar-refractivity contribution in [1.82, 2.24) is 10.3 Å². The molecule has 5 nitrogen and oxygen atoms in total. The summed E-state index contributed by atoms with van der Waals surface area (Å²) in [6.45, 7) is 5.48. The highest BCUT2D eigenvalue weighted by molar-refractivity contribution is 7.80. The Bertz CT molecular complexity index is 573. The maximum absolute atomic E-state index is 11.9. The minimum Gasteiger partial charge on any atom is -0.389 e. The predicted octanol–water partition coefficient (Wildman–Crippen LogP) is 1.30. The van der Waals surface area contributed by atoms with Crippen LogP contribution in [0.4, 0.5) is 5.82 Å². The number of nitrogens with two attached hydrogens (primary N) is 1. The molecule has 3 N–H and O–H groups in total. The van der Waals surface area contributed by atoms with Crippen molar-refractivity contribution < 1.29 is 4.79 Å². The molecule has 1 aromatic rings. The number of piperidine rings is 1. The molecule has 0 spiro atoms. The molecule has 0 saturated carbocycles. The summed E-state index contributed by atoms with van der Waals surface area (Å²) in [7, 11) is 1.68. The number of carbonyl (C=O) groups is 1. The van der Waals surface area contributed by atoms with Crippen LogP contribution in [0.5, 0.6) is 0 Å². The Morgan fingerprint density at radius 3 is 2.86 bits per heavy atom. The van der Waals surface area contributed by atoms with E-state index in [1.165, 1.54) is 0 Å². The van der Waals surface area contributed by atoms with Crippen molar-refractivity contribution in [1.29, 1.82) is 0 Å². The topological polar surface area (TPSA) is 71.2 Å². The minimum atomic E-state index is -0.00874. The molecule has 1 saturated heterocycles. The summed E-state index contributed by atoms with van der Waals surface area (Å²) in [5, 5.41) is 2.73. The zero-order valence-electron chi connectivity index (χ0n) is 12.8. The second-order valence-electron chi connectivity index (χ2n) is 5.54. The van der Waals surface area contributed by atoms with Crippen molar-refractivity contribution in [3.8, 4) is 0 Å². The van der Waals surface area contributed by atoms with E-state index in [4.69, 9.17) is 18.0 Å². The van der Waals surface area contributed by atoms with Gasteiger partial charge in [0, 0.05) is 25.8 Å². The third-order valence-electron chi connectivity index (χ3n) is 3.91. The molecule has 2 rings (SSSR count). The Labute approximate surface area is 130 Å². The molecule has 0 radical (unpaired) electrons. The van der Waals surface area contributed by atoms with Gasteiger partial charge in [0.15, 0.2) is 0 Å². The second kappa shape index (κ2) is 6.39. The molecule has 0 bridgehead atoms. The first-order chi connectivity index (χ1) is 9.93. The maximum Gasteiger partial charge on any atom is 0.224 e. The molecule has 1 amide bonds. The van der Waals surface area contributed by atoms with Crippen molar-refractivity contribution in [3.63, 3.8) is 0 Å². The van der Waals surface area contributed by atoms with Crippen molar-refractivity contribution in [2.24, 2.45) is 11.7 Å². The molecule has 0 aromatic carbocycles. The first-order valence-corrected chi connectivity index (χ1v) is 7.59. The fourth-order valence-electron chi connectivity index (χ4n) is 2.94. The number of anilines is 1. The van der Waals surface area contributed by atoms with Crippen molar-refractivity contribution >= 4 is 28.9 Å². The second-order valence-corrected chi connectivity index (χ2v) is 5.98. The fraction of sp³-hybridized carbons (Fsp3) is 0.533. The van der Waals surface area contributed by atoms with E-state index >= 15 is 0 Å². The van der Waals surface area contributed by atoms with E-state index in [-0.39, 0.29) is 11.8 Å². The number of aromatic nitrogens is 1. The lowest BCUT2D eigenvalue weighted by atomic mass is 9.96. The van der Waals surface area contributed by atoms with Gasteiger partial charge >= 0.3 is 0 Å². The summed E-state index contributed by atoms with van der Waals surface area (Å²) in [6, 6.07) is 1.98. The monoisotopic (exact) mass is 306 g/mol. The molecule has 21 heavy (non-hydrogen) atoms. The SMILES string of the molecule is CNC(=O)C1CCCN(c2nc(C)cc(C)c2C(N)=S)C1. The van der Waals surface area contributed by atoms with Crippen LogP contribution in [0, 0.1) is 19.8 Å². The van der Waals surface area contributed by atoms with Gasteiger partial charge in [-0.15, -0.1) is 0 Å². The average Bonchev–Trinajstić information content (AvgIpc) is 2.45. The van der Waals surface area contributed by atoms with Gasteiger partial charge in [-0.2, -0.15) is 0 Å². The molecule has 6 heteroatoms. The number of hydrogen-bond acceptors (Lipinski definition) is 4. The van der Waals surface area contributed by atoms with Crippen molar-refractivity contribution in [2.75, 3.05) is 25.0 Å². The maximum atomic E-state index is 11.9. The van der Waals surface area contributed by atoms with Gasteiger partial charge in [-0.1, -0.05) is 12.2 Å². The number of nitrogens with zero attached hydrogens (tertiary/aromatic N) is 2. The van der Waals surface area contributed by atoms with Gasteiger partial charge in [0.2, 0.25) is 5.91 Å². The highest BCUT2D eigenvalue weighted by Crippen LogP contribution is 2.27. The molecule has 1 aromatic heterocycles. The van der Waals surface area contributed by atoms with E-state index in [1.54, 1.807) is 7.05 Å². The zero-order valence-corrected chi connectivity index (χ0v) is 13.6. The van der Waals surface area contributed by atoms with Gasteiger partial charge in [-0.05, 0) is 38.3 Å². The van der Waals surface area contributed by atoms with E-state index in [0.717, 1.165) is 42.0 Å². The van der Waals surface area contributed by atoms with Crippen LogP contribution in [0.3, 0.4) is 0 Å². The van der Waals surface area contributed by atoms with Crippen LogP contribution in [-0.4, -0.2) is 36.0 Å². The molecular formula is C15H22N4OS. The Balaban J connectivity index is 2.37. The van der Waals surface area contributed by atoms with E-state index < -0.39 is 0 Å². The molecular weight excluding hydrogens is 284 g/mol. The lowest BCUT2D eigenvalue weighted by Crippen LogP contribution is -2.43. The summed E-state index contributed by atoms with van der Waals surface area (Å²) < 4.78 is 0. The Morgan fingerprint density at radius 2 is 2.24 bits per heavy atom. The molecule has 1 fully saturated rings. The number of pyridine rings is 1. The first kappa shape index (κ1) is 15.7. The standard InChI is InChI=1S/C15H22N4OS/c1-9-7-10(2)18-14(12(9)13(16)21)19-6-4-5-11(8-19)15(20)17-3/h7,11H,4-6,8H2,1-3H3,(H2,16,21)(H,17,20). The smallest absolute Gasteiger partial charge is 0.224 e. The van der Waals surface area contributed by atoms with Crippen molar-refractivity contribution in [2.45, 2.75) is 26.7 Å².